The van der Waals surface area contributed by atoms with Gasteiger partial charge in [-0.15, -0.1) is 11.3 Å². The maximum atomic E-state index is 11.8. The molecule has 1 N–H and O–H groups in total. The van der Waals surface area contributed by atoms with Gasteiger partial charge in [0.15, 0.2) is 4.34 Å². The van der Waals surface area contributed by atoms with Crippen molar-refractivity contribution in [3.05, 3.63) is 92.3 Å². The van der Waals surface area contributed by atoms with Crippen molar-refractivity contribution in [1.29, 1.82) is 5.26 Å². The van der Waals surface area contributed by atoms with Crippen LogP contribution in [0.4, 0.5) is 11.4 Å². The number of nitriles is 1. The predicted molar refractivity (Wildman–Crippen MR) is 133 cm³/mol. The van der Waals surface area contributed by atoms with Gasteiger partial charge >= 0.3 is 0 Å². The highest BCUT2D eigenvalue weighted by Crippen LogP contribution is 2.40. The molecule has 0 aliphatic heterocycles. The van der Waals surface area contributed by atoms with Crippen molar-refractivity contribution >= 4 is 67.4 Å². The molecule has 0 aliphatic rings. The molecule has 0 spiro atoms. The van der Waals surface area contributed by atoms with Crippen LogP contribution < -0.4 is 0 Å². The standard InChI is InChI=1S/C23H12N6O4S2/c24-12-14(22-25-16-3-1-2-4-17(16)26-22)9-13-5-8-20(19(10-13)29(32)33)34-23-27-18-7-6-15(28(30)31)11-21(18)35-23/h1-11H,(H,25,26)/b14-9+. The van der Waals surface area contributed by atoms with Crippen LogP contribution in [0, 0.1) is 31.6 Å². The number of hydrogen-bond donors (Lipinski definition) is 1. The van der Waals surface area contributed by atoms with Crippen molar-refractivity contribution < 1.29 is 9.85 Å². The van der Waals surface area contributed by atoms with Gasteiger partial charge in [0.05, 0.1) is 41.6 Å². The van der Waals surface area contributed by atoms with E-state index in [-0.39, 0.29) is 16.9 Å². The molecule has 0 radical (unpaired) electrons. The molecule has 0 aliphatic carbocycles. The third kappa shape index (κ3) is 4.45. The van der Waals surface area contributed by atoms with Gasteiger partial charge in [0.25, 0.3) is 11.4 Å². The summed E-state index contributed by atoms with van der Waals surface area (Å²) in [5.74, 6) is 0.373. The molecule has 0 atom stereocenters. The fourth-order valence-corrected chi connectivity index (χ4v) is 5.54. The summed E-state index contributed by atoms with van der Waals surface area (Å²) in [6.07, 6.45) is 1.54. The molecule has 3 aromatic carbocycles. The lowest BCUT2D eigenvalue weighted by Gasteiger charge is -2.02. The van der Waals surface area contributed by atoms with Crippen LogP contribution in [-0.4, -0.2) is 24.8 Å². The number of nitro groups is 2. The Labute approximate surface area is 204 Å². The number of benzene rings is 3. The summed E-state index contributed by atoms with van der Waals surface area (Å²) >= 11 is 2.33. The summed E-state index contributed by atoms with van der Waals surface area (Å²) in [5, 5.41) is 32.5. The summed E-state index contributed by atoms with van der Waals surface area (Å²) in [5.41, 5.74) is 2.59. The van der Waals surface area contributed by atoms with E-state index in [9.17, 15) is 25.5 Å². The summed E-state index contributed by atoms with van der Waals surface area (Å²) in [6.45, 7) is 0. The van der Waals surface area contributed by atoms with Crippen LogP contribution in [0.25, 0.3) is 32.9 Å². The van der Waals surface area contributed by atoms with Gasteiger partial charge < -0.3 is 4.98 Å². The molecule has 2 heterocycles. The van der Waals surface area contributed by atoms with Crippen LogP contribution in [0.5, 0.6) is 0 Å². The monoisotopic (exact) mass is 500 g/mol. The molecular formula is C23H12N6O4S2. The fraction of sp³-hybridized carbons (Fsp3) is 0. The number of thiazole rings is 1. The van der Waals surface area contributed by atoms with Gasteiger partial charge in [-0.2, -0.15) is 5.26 Å². The highest BCUT2D eigenvalue weighted by Gasteiger charge is 2.19. The van der Waals surface area contributed by atoms with Crippen LogP contribution in [-0.2, 0) is 0 Å². The Morgan fingerprint density at radius 3 is 2.60 bits per heavy atom. The van der Waals surface area contributed by atoms with E-state index in [0.29, 0.717) is 36.4 Å². The van der Waals surface area contributed by atoms with Crippen molar-refractivity contribution in [2.24, 2.45) is 0 Å². The van der Waals surface area contributed by atoms with E-state index in [1.807, 2.05) is 24.3 Å². The quantitative estimate of drug-likeness (QED) is 0.164. The van der Waals surface area contributed by atoms with Crippen molar-refractivity contribution in [2.45, 2.75) is 9.24 Å². The zero-order chi connectivity index (χ0) is 24.5. The van der Waals surface area contributed by atoms with E-state index >= 15 is 0 Å². The number of nitrogens with zero attached hydrogens (tertiary/aromatic N) is 5. The second kappa shape index (κ2) is 8.98. The minimum absolute atomic E-state index is 0.0439. The van der Waals surface area contributed by atoms with E-state index in [2.05, 4.69) is 21.0 Å². The molecule has 35 heavy (non-hydrogen) atoms. The SMILES string of the molecule is N#C/C(=C\c1ccc(Sc2nc3ccc([N+](=O)[O-])cc3s2)c([N+](=O)[O-])c1)c1nc2ccccc2[nH]1. The van der Waals surface area contributed by atoms with Crippen LogP contribution in [0.1, 0.15) is 11.4 Å². The van der Waals surface area contributed by atoms with E-state index in [1.54, 1.807) is 18.2 Å². The number of imidazole rings is 1. The summed E-state index contributed by atoms with van der Waals surface area (Å²) in [7, 11) is 0. The number of H-pyrrole nitrogens is 1. The first-order chi connectivity index (χ1) is 16.9. The molecule has 170 valence electrons. The van der Waals surface area contributed by atoms with Crippen molar-refractivity contribution in [2.75, 3.05) is 0 Å². The topological polar surface area (TPSA) is 152 Å². The van der Waals surface area contributed by atoms with Gasteiger partial charge in [-0.1, -0.05) is 30.0 Å². The number of para-hydroxylation sites is 2. The Hall–Kier alpha value is -4.60. The molecule has 0 saturated carbocycles. The van der Waals surface area contributed by atoms with Gasteiger partial charge in [0.2, 0.25) is 0 Å². The first kappa shape index (κ1) is 22.2. The number of aromatic nitrogens is 3. The summed E-state index contributed by atoms with van der Waals surface area (Å²) in [4.78, 5) is 34.1. The maximum absolute atomic E-state index is 11.8. The summed E-state index contributed by atoms with van der Waals surface area (Å²) in [6, 6.07) is 18.5. The first-order valence-corrected chi connectivity index (χ1v) is 11.6. The fourth-order valence-electron chi connectivity index (χ4n) is 3.40. The second-order valence-corrected chi connectivity index (χ2v) is 9.57. The minimum atomic E-state index is -0.495. The summed E-state index contributed by atoms with van der Waals surface area (Å²) < 4.78 is 1.14. The van der Waals surface area contributed by atoms with Gasteiger partial charge in [-0.25, -0.2) is 9.97 Å². The zero-order valence-corrected chi connectivity index (χ0v) is 19.2. The van der Waals surface area contributed by atoms with Crippen LogP contribution >= 0.6 is 23.1 Å². The normalized spacial score (nSPS) is 11.6. The van der Waals surface area contributed by atoms with Crippen molar-refractivity contribution in [3.8, 4) is 6.07 Å². The number of non-ortho nitro benzene ring substituents is 1. The van der Waals surface area contributed by atoms with E-state index in [1.165, 1.54) is 35.6 Å². The molecule has 5 rings (SSSR count). The third-order valence-corrected chi connectivity index (χ3v) is 7.16. The van der Waals surface area contributed by atoms with E-state index in [0.717, 1.165) is 17.3 Å². The molecule has 5 aromatic rings. The lowest BCUT2D eigenvalue weighted by Crippen LogP contribution is -1.92. The average molecular weight is 501 g/mol. The van der Waals surface area contributed by atoms with Crippen LogP contribution in [0.15, 0.2) is 69.9 Å². The van der Waals surface area contributed by atoms with E-state index < -0.39 is 9.85 Å². The second-order valence-electron chi connectivity index (χ2n) is 7.25. The number of aromatic amines is 1. The third-order valence-electron chi connectivity index (χ3n) is 5.02. The maximum Gasteiger partial charge on any atom is 0.283 e. The molecule has 12 heteroatoms. The van der Waals surface area contributed by atoms with Gasteiger partial charge in [-0.3, -0.25) is 20.2 Å². The van der Waals surface area contributed by atoms with Gasteiger partial charge in [-0.05, 0) is 35.9 Å². The number of nitrogens with one attached hydrogen (secondary N) is 1. The lowest BCUT2D eigenvalue weighted by molar-refractivity contribution is -0.387. The smallest absolute Gasteiger partial charge is 0.283 e. The van der Waals surface area contributed by atoms with Crippen molar-refractivity contribution in [3.63, 3.8) is 0 Å². The Morgan fingerprint density at radius 2 is 1.86 bits per heavy atom. The Balaban J connectivity index is 1.48. The number of fused-ring (bicyclic) bond motifs is 2. The molecule has 0 fully saturated rings. The highest BCUT2D eigenvalue weighted by molar-refractivity contribution is 8.01. The van der Waals surface area contributed by atoms with Crippen LogP contribution in [0.3, 0.4) is 0 Å². The largest absolute Gasteiger partial charge is 0.337 e. The molecule has 0 amide bonds. The van der Waals surface area contributed by atoms with Crippen LogP contribution in [0.2, 0.25) is 0 Å². The molecule has 10 nitrogen and oxygen atoms in total. The number of nitro benzene ring substituents is 2. The predicted octanol–water partition coefficient (Wildman–Crippen LogP) is 6.20. The van der Waals surface area contributed by atoms with E-state index in [4.69, 9.17) is 0 Å². The molecular weight excluding hydrogens is 488 g/mol. The Morgan fingerprint density at radius 1 is 1.03 bits per heavy atom. The Bertz CT molecular complexity index is 1680. The molecule has 0 bridgehead atoms. The van der Waals surface area contributed by atoms with Gasteiger partial charge in [0.1, 0.15) is 11.9 Å². The lowest BCUT2D eigenvalue weighted by atomic mass is 10.1. The zero-order valence-electron chi connectivity index (χ0n) is 17.5. The Kier molecular flexibility index (Phi) is 5.69. The number of hydrogen-bond acceptors (Lipinski definition) is 9. The highest BCUT2D eigenvalue weighted by atomic mass is 32.2. The van der Waals surface area contributed by atoms with Crippen molar-refractivity contribution in [1.82, 2.24) is 15.0 Å². The average Bonchev–Trinajstić information content (AvgIpc) is 3.46. The number of allylic oxidation sites excluding steroid dienone is 1. The molecule has 0 unspecified atom stereocenters. The molecule has 0 saturated heterocycles. The number of rotatable bonds is 6. The van der Waals surface area contributed by atoms with Gasteiger partial charge in [0, 0.05) is 18.2 Å². The minimum Gasteiger partial charge on any atom is -0.337 e. The first-order valence-electron chi connectivity index (χ1n) is 9.99. The molecule has 2 aromatic heterocycles.